The molecule has 1 heterocycles. The number of aryl methyl sites for hydroxylation is 1. The predicted molar refractivity (Wildman–Crippen MR) is 59.2 cm³/mol. The number of nitrogen functional groups attached to an aromatic ring is 1. The van der Waals surface area contributed by atoms with Crippen LogP contribution >= 0.6 is 0 Å². The van der Waals surface area contributed by atoms with Gasteiger partial charge in [0.1, 0.15) is 5.75 Å². The summed E-state index contributed by atoms with van der Waals surface area (Å²) in [4.78, 5) is 13.1. The summed E-state index contributed by atoms with van der Waals surface area (Å²) in [6.07, 6.45) is 0. The average molecular weight is 206 g/mol. The van der Waals surface area contributed by atoms with Crippen molar-refractivity contribution in [3.05, 3.63) is 17.2 Å². The van der Waals surface area contributed by atoms with Crippen LogP contribution < -0.4 is 15.4 Å². The van der Waals surface area contributed by atoms with Crippen molar-refractivity contribution in [3.63, 3.8) is 0 Å². The molecule has 1 aliphatic heterocycles. The van der Waals surface area contributed by atoms with E-state index in [1.54, 1.807) is 11.9 Å². The van der Waals surface area contributed by atoms with Gasteiger partial charge in [0.25, 0.3) is 5.91 Å². The van der Waals surface area contributed by atoms with Crippen LogP contribution in [0.15, 0.2) is 6.07 Å². The highest BCUT2D eigenvalue weighted by molar-refractivity contribution is 5.99. The van der Waals surface area contributed by atoms with Gasteiger partial charge in [0.15, 0.2) is 6.61 Å². The molecule has 0 unspecified atom stereocenters. The second-order valence-electron chi connectivity index (χ2n) is 3.83. The van der Waals surface area contributed by atoms with Crippen LogP contribution in [0.5, 0.6) is 5.75 Å². The molecule has 0 fully saturated rings. The Hall–Kier alpha value is -1.71. The molecule has 0 spiro atoms. The Bertz CT molecular complexity index is 441. The maximum Gasteiger partial charge on any atom is 0.264 e. The standard InChI is InChI=1S/C11H14N2O2/c1-6-4-8(12)7(2)10-11(6)15-5-9(14)13(10)3/h4H,5,12H2,1-3H3. The van der Waals surface area contributed by atoms with Crippen molar-refractivity contribution in [2.75, 3.05) is 24.3 Å². The van der Waals surface area contributed by atoms with Gasteiger partial charge in [-0.15, -0.1) is 0 Å². The van der Waals surface area contributed by atoms with Crippen LogP contribution in [0.3, 0.4) is 0 Å². The Morgan fingerprint density at radius 1 is 1.47 bits per heavy atom. The zero-order chi connectivity index (χ0) is 11.2. The number of amides is 1. The number of carbonyl (C=O) groups excluding carboxylic acids is 1. The van der Waals surface area contributed by atoms with Crippen molar-refractivity contribution >= 4 is 17.3 Å². The minimum atomic E-state index is -0.0457. The third-order valence-corrected chi connectivity index (χ3v) is 2.78. The van der Waals surface area contributed by atoms with Gasteiger partial charge in [-0.2, -0.15) is 0 Å². The zero-order valence-electron chi connectivity index (χ0n) is 9.13. The lowest BCUT2D eigenvalue weighted by Crippen LogP contribution is -2.36. The molecule has 80 valence electrons. The van der Waals surface area contributed by atoms with E-state index in [4.69, 9.17) is 10.5 Å². The molecule has 0 saturated carbocycles. The van der Waals surface area contributed by atoms with Crippen molar-refractivity contribution in [2.45, 2.75) is 13.8 Å². The van der Waals surface area contributed by atoms with E-state index in [0.717, 1.165) is 22.6 Å². The van der Waals surface area contributed by atoms with E-state index in [2.05, 4.69) is 0 Å². The molecule has 0 aromatic heterocycles. The van der Waals surface area contributed by atoms with Gasteiger partial charge in [0.2, 0.25) is 0 Å². The highest BCUT2D eigenvalue weighted by Gasteiger charge is 2.26. The summed E-state index contributed by atoms with van der Waals surface area (Å²) in [5.41, 5.74) is 9.20. The summed E-state index contributed by atoms with van der Waals surface area (Å²) < 4.78 is 5.43. The molecule has 1 aliphatic rings. The van der Waals surface area contributed by atoms with Crippen LogP contribution in [-0.2, 0) is 4.79 Å². The van der Waals surface area contributed by atoms with Gasteiger partial charge in [0.05, 0.1) is 5.69 Å². The Kier molecular flexibility index (Phi) is 2.07. The predicted octanol–water partition coefficient (Wildman–Crippen LogP) is 1.24. The van der Waals surface area contributed by atoms with E-state index in [1.165, 1.54) is 0 Å². The fourth-order valence-corrected chi connectivity index (χ4v) is 1.84. The monoisotopic (exact) mass is 206 g/mol. The van der Waals surface area contributed by atoms with E-state index in [1.807, 2.05) is 19.9 Å². The lowest BCUT2D eigenvalue weighted by Gasteiger charge is -2.29. The van der Waals surface area contributed by atoms with Gasteiger partial charge in [0, 0.05) is 12.7 Å². The minimum Gasteiger partial charge on any atom is -0.481 e. The molecule has 15 heavy (non-hydrogen) atoms. The smallest absolute Gasteiger partial charge is 0.264 e. The average Bonchev–Trinajstić information content (AvgIpc) is 2.19. The number of likely N-dealkylation sites (N-methyl/N-ethyl adjacent to an activating group) is 1. The van der Waals surface area contributed by atoms with Crippen molar-refractivity contribution < 1.29 is 9.53 Å². The summed E-state index contributed by atoms with van der Waals surface area (Å²) in [7, 11) is 1.75. The molecular weight excluding hydrogens is 192 g/mol. The normalized spacial score (nSPS) is 14.9. The Labute approximate surface area is 88.6 Å². The van der Waals surface area contributed by atoms with Gasteiger partial charge in [-0.25, -0.2) is 0 Å². The first-order valence-corrected chi connectivity index (χ1v) is 4.81. The molecule has 0 aliphatic carbocycles. The van der Waals surface area contributed by atoms with Gasteiger partial charge >= 0.3 is 0 Å². The molecule has 1 aromatic rings. The molecule has 1 aromatic carbocycles. The number of ether oxygens (including phenoxy) is 1. The zero-order valence-corrected chi connectivity index (χ0v) is 9.13. The van der Waals surface area contributed by atoms with E-state index in [0.29, 0.717) is 5.69 Å². The molecule has 4 heteroatoms. The van der Waals surface area contributed by atoms with Crippen LogP contribution in [0.1, 0.15) is 11.1 Å². The molecule has 2 N–H and O–H groups in total. The first-order chi connectivity index (χ1) is 7.02. The van der Waals surface area contributed by atoms with Gasteiger partial charge in [-0.3, -0.25) is 4.79 Å². The minimum absolute atomic E-state index is 0.0457. The van der Waals surface area contributed by atoms with Crippen LogP contribution in [0.25, 0.3) is 0 Å². The van der Waals surface area contributed by atoms with Crippen molar-refractivity contribution in [3.8, 4) is 5.75 Å². The van der Waals surface area contributed by atoms with E-state index < -0.39 is 0 Å². The molecule has 0 atom stereocenters. The molecule has 4 nitrogen and oxygen atoms in total. The maximum absolute atomic E-state index is 11.5. The Morgan fingerprint density at radius 3 is 2.80 bits per heavy atom. The summed E-state index contributed by atoms with van der Waals surface area (Å²) in [6, 6.07) is 1.87. The van der Waals surface area contributed by atoms with Crippen molar-refractivity contribution in [1.29, 1.82) is 0 Å². The number of rotatable bonds is 0. The highest BCUT2D eigenvalue weighted by Crippen LogP contribution is 2.40. The number of fused-ring (bicyclic) bond motifs is 1. The molecule has 0 saturated heterocycles. The van der Waals surface area contributed by atoms with Crippen LogP contribution in [0.4, 0.5) is 11.4 Å². The van der Waals surface area contributed by atoms with Crippen molar-refractivity contribution in [2.24, 2.45) is 0 Å². The first kappa shape index (κ1) is 9.83. The van der Waals surface area contributed by atoms with Gasteiger partial charge < -0.3 is 15.4 Å². The number of nitrogens with two attached hydrogens (primary N) is 1. The summed E-state index contributed by atoms with van der Waals surface area (Å²) >= 11 is 0. The van der Waals surface area contributed by atoms with Gasteiger partial charge in [-0.05, 0) is 31.0 Å². The Morgan fingerprint density at radius 2 is 2.13 bits per heavy atom. The topological polar surface area (TPSA) is 55.6 Å². The molecule has 2 rings (SSSR count). The molecular formula is C11H14N2O2. The molecule has 0 bridgehead atoms. The number of anilines is 2. The maximum atomic E-state index is 11.5. The quantitative estimate of drug-likeness (QED) is 0.650. The summed E-state index contributed by atoms with van der Waals surface area (Å²) in [6.45, 7) is 3.93. The third-order valence-electron chi connectivity index (χ3n) is 2.78. The number of nitrogens with zero attached hydrogens (tertiary/aromatic N) is 1. The lowest BCUT2D eigenvalue weighted by atomic mass is 10.0. The van der Waals surface area contributed by atoms with Gasteiger partial charge in [-0.1, -0.05) is 0 Å². The van der Waals surface area contributed by atoms with Crippen molar-refractivity contribution in [1.82, 2.24) is 0 Å². The summed E-state index contributed by atoms with van der Waals surface area (Å²) in [5.74, 6) is 0.722. The first-order valence-electron chi connectivity index (χ1n) is 4.81. The Balaban J connectivity index is 2.70. The fraction of sp³-hybridized carbons (Fsp3) is 0.364. The van der Waals surface area contributed by atoms with Crippen LogP contribution in [-0.4, -0.2) is 19.6 Å². The number of benzene rings is 1. The molecule has 1 amide bonds. The van der Waals surface area contributed by atoms with E-state index >= 15 is 0 Å². The van der Waals surface area contributed by atoms with E-state index in [9.17, 15) is 4.79 Å². The third kappa shape index (κ3) is 1.33. The fourth-order valence-electron chi connectivity index (χ4n) is 1.84. The number of hydrogen-bond acceptors (Lipinski definition) is 3. The number of hydrogen-bond donors (Lipinski definition) is 1. The number of carbonyl (C=O) groups is 1. The summed E-state index contributed by atoms with van der Waals surface area (Å²) in [5, 5.41) is 0. The molecule has 0 radical (unpaired) electrons. The van der Waals surface area contributed by atoms with E-state index in [-0.39, 0.29) is 12.5 Å². The van der Waals surface area contributed by atoms with Crippen LogP contribution in [0.2, 0.25) is 0 Å². The highest BCUT2D eigenvalue weighted by atomic mass is 16.5. The second kappa shape index (κ2) is 3.15. The second-order valence-corrected chi connectivity index (χ2v) is 3.83. The largest absolute Gasteiger partial charge is 0.481 e. The lowest BCUT2D eigenvalue weighted by molar-refractivity contribution is -0.121. The van der Waals surface area contributed by atoms with Crippen LogP contribution in [0, 0.1) is 13.8 Å². The SMILES string of the molecule is Cc1cc(N)c(C)c2c1OCC(=O)N2C.